The maximum absolute atomic E-state index is 10.5. The predicted octanol–water partition coefficient (Wildman–Crippen LogP) is 3.10. The van der Waals surface area contributed by atoms with Crippen LogP contribution >= 0.6 is 0 Å². The third-order valence-electron chi connectivity index (χ3n) is 2.90. The molecule has 108 valence electrons. The second-order valence-electron chi connectivity index (χ2n) is 4.63. The fourth-order valence-electron chi connectivity index (χ4n) is 1.87. The van der Waals surface area contributed by atoms with Gasteiger partial charge in [-0.05, 0) is 54.8 Å². The molecule has 0 saturated heterocycles. The van der Waals surface area contributed by atoms with Crippen LogP contribution in [0.1, 0.15) is 16.7 Å². The van der Waals surface area contributed by atoms with E-state index in [1.165, 1.54) is 6.21 Å². The van der Waals surface area contributed by atoms with Gasteiger partial charge in [-0.2, -0.15) is 5.10 Å². The summed E-state index contributed by atoms with van der Waals surface area (Å²) in [5.74, 6) is 1.61. The number of hydrogen-bond donors (Lipinski definition) is 2. The van der Waals surface area contributed by atoms with E-state index >= 15 is 0 Å². The number of hydrogen-bond acceptors (Lipinski definition) is 3. The minimum atomic E-state index is -0.693. The van der Waals surface area contributed by atoms with E-state index in [1.54, 1.807) is 0 Å². The zero-order valence-corrected chi connectivity index (χ0v) is 12.0. The van der Waals surface area contributed by atoms with Crippen molar-refractivity contribution in [3.8, 4) is 11.5 Å². The van der Waals surface area contributed by atoms with E-state index in [1.807, 2.05) is 56.3 Å². The number of benzene rings is 2. The first kappa shape index (κ1) is 14.6. The van der Waals surface area contributed by atoms with Gasteiger partial charge in [0.1, 0.15) is 11.5 Å². The molecular formula is C16H17N3O2. The monoisotopic (exact) mass is 283 g/mol. The highest BCUT2D eigenvalue weighted by Gasteiger charge is 2.04. The number of ether oxygens (including phenoxy) is 1. The molecule has 2 aromatic carbocycles. The Hall–Kier alpha value is -2.82. The van der Waals surface area contributed by atoms with Crippen molar-refractivity contribution in [1.82, 2.24) is 5.43 Å². The summed E-state index contributed by atoms with van der Waals surface area (Å²) >= 11 is 0. The van der Waals surface area contributed by atoms with E-state index in [0.29, 0.717) is 0 Å². The number of carbonyl (C=O) groups is 1. The quantitative estimate of drug-likeness (QED) is 0.668. The number of amides is 2. The molecule has 5 heteroatoms. The van der Waals surface area contributed by atoms with Crippen LogP contribution in [-0.4, -0.2) is 12.2 Å². The lowest BCUT2D eigenvalue weighted by Gasteiger charge is -2.11. The van der Waals surface area contributed by atoms with Gasteiger partial charge in [0.15, 0.2) is 0 Å². The number of urea groups is 1. The Kier molecular flexibility index (Phi) is 4.56. The molecule has 0 spiro atoms. The second-order valence-corrected chi connectivity index (χ2v) is 4.63. The van der Waals surface area contributed by atoms with E-state index in [0.717, 1.165) is 28.2 Å². The summed E-state index contributed by atoms with van der Waals surface area (Å²) in [6.07, 6.45) is 1.51. The third-order valence-corrected chi connectivity index (χ3v) is 2.90. The smallest absolute Gasteiger partial charge is 0.332 e. The Morgan fingerprint density at radius 2 is 1.76 bits per heavy atom. The Labute approximate surface area is 123 Å². The Morgan fingerprint density at radius 3 is 2.33 bits per heavy atom. The number of primary amides is 1. The normalized spacial score (nSPS) is 10.6. The van der Waals surface area contributed by atoms with Gasteiger partial charge in [0.05, 0.1) is 6.21 Å². The topological polar surface area (TPSA) is 76.7 Å². The van der Waals surface area contributed by atoms with Crippen LogP contribution in [0.4, 0.5) is 4.79 Å². The lowest BCUT2D eigenvalue weighted by molar-refractivity contribution is 0.249. The SMILES string of the molecule is Cc1cccc(C)c1Oc1ccc(/C=N\NC(N)=O)cc1. The summed E-state index contributed by atoms with van der Waals surface area (Å²) < 4.78 is 5.90. The second kappa shape index (κ2) is 6.56. The van der Waals surface area contributed by atoms with Crippen molar-refractivity contribution in [2.45, 2.75) is 13.8 Å². The van der Waals surface area contributed by atoms with Gasteiger partial charge in [-0.25, -0.2) is 10.2 Å². The Morgan fingerprint density at radius 1 is 1.14 bits per heavy atom. The summed E-state index contributed by atoms with van der Waals surface area (Å²) in [6.45, 7) is 4.03. The van der Waals surface area contributed by atoms with E-state index in [2.05, 4.69) is 10.5 Å². The van der Waals surface area contributed by atoms with E-state index < -0.39 is 6.03 Å². The van der Waals surface area contributed by atoms with Crippen LogP contribution in [0.2, 0.25) is 0 Å². The van der Waals surface area contributed by atoms with Crippen LogP contribution in [0.3, 0.4) is 0 Å². The molecule has 5 nitrogen and oxygen atoms in total. The molecule has 0 atom stereocenters. The number of hydrazone groups is 1. The molecule has 0 aliphatic carbocycles. The lowest BCUT2D eigenvalue weighted by Crippen LogP contribution is -2.24. The number of rotatable bonds is 4. The van der Waals surface area contributed by atoms with Gasteiger partial charge in [-0.3, -0.25) is 0 Å². The molecule has 2 amide bonds. The van der Waals surface area contributed by atoms with Gasteiger partial charge in [0, 0.05) is 0 Å². The molecule has 0 aliphatic rings. The van der Waals surface area contributed by atoms with Crippen molar-refractivity contribution in [3.05, 3.63) is 59.2 Å². The van der Waals surface area contributed by atoms with Crippen molar-refractivity contribution >= 4 is 12.2 Å². The van der Waals surface area contributed by atoms with Crippen molar-refractivity contribution in [2.24, 2.45) is 10.8 Å². The third kappa shape index (κ3) is 4.07. The van der Waals surface area contributed by atoms with Crippen molar-refractivity contribution in [1.29, 1.82) is 0 Å². The average Bonchev–Trinajstić information content (AvgIpc) is 2.44. The van der Waals surface area contributed by atoms with Crippen LogP contribution in [0.15, 0.2) is 47.6 Å². The zero-order chi connectivity index (χ0) is 15.2. The molecule has 0 unspecified atom stereocenters. The molecule has 0 saturated carbocycles. The molecule has 0 aromatic heterocycles. The van der Waals surface area contributed by atoms with Crippen molar-refractivity contribution in [2.75, 3.05) is 0 Å². The molecular weight excluding hydrogens is 266 g/mol. The summed E-state index contributed by atoms with van der Waals surface area (Å²) in [5.41, 5.74) is 10.1. The predicted molar refractivity (Wildman–Crippen MR) is 82.7 cm³/mol. The molecule has 0 fully saturated rings. The molecule has 0 heterocycles. The summed E-state index contributed by atoms with van der Waals surface area (Å²) in [4.78, 5) is 10.5. The lowest BCUT2D eigenvalue weighted by atomic mass is 10.1. The molecule has 2 rings (SSSR count). The van der Waals surface area contributed by atoms with Crippen LogP contribution in [0, 0.1) is 13.8 Å². The molecule has 2 aromatic rings. The highest BCUT2D eigenvalue weighted by molar-refractivity contribution is 5.81. The Bertz CT molecular complexity index is 643. The van der Waals surface area contributed by atoms with E-state index in [-0.39, 0.29) is 0 Å². The first-order valence-corrected chi connectivity index (χ1v) is 6.49. The number of aryl methyl sites for hydroxylation is 2. The highest BCUT2D eigenvalue weighted by atomic mass is 16.5. The average molecular weight is 283 g/mol. The minimum Gasteiger partial charge on any atom is -0.457 e. The first-order valence-electron chi connectivity index (χ1n) is 6.49. The number of nitrogens with two attached hydrogens (primary N) is 1. The minimum absolute atomic E-state index is 0.693. The largest absolute Gasteiger partial charge is 0.457 e. The van der Waals surface area contributed by atoms with Gasteiger partial charge >= 0.3 is 6.03 Å². The van der Waals surface area contributed by atoms with Gasteiger partial charge in [0.2, 0.25) is 0 Å². The van der Waals surface area contributed by atoms with Crippen LogP contribution in [0.25, 0.3) is 0 Å². The fourth-order valence-corrected chi connectivity index (χ4v) is 1.87. The maximum Gasteiger partial charge on any atom is 0.332 e. The standard InChI is InChI=1S/C16H17N3O2/c1-11-4-3-5-12(2)15(11)21-14-8-6-13(7-9-14)10-18-19-16(17)20/h3-10H,1-2H3,(H3,17,19,20)/b18-10-. The summed E-state index contributed by atoms with van der Waals surface area (Å²) in [7, 11) is 0. The fraction of sp³-hybridized carbons (Fsp3) is 0.125. The van der Waals surface area contributed by atoms with Crippen LogP contribution in [-0.2, 0) is 0 Å². The van der Waals surface area contributed by atoms with Gasteiger partial charge in [-0.15, -0.1) is 0 Å². The molecule has 0 radical (unpaired) electrons. The Balaban J connectivity index is 2.09. The van der Waals surface area contributed by atoms with Gasteiger partial charge < -0.3 is 10.5 Å². The van der Waals surface area contributed by atoms with Crippen LogP contribution in [0.5, 0.6) is 11.5 Å². The van der Waals surface area contributed by atoms with E-state index in [9.17, 15) is 4.79 Å². The number of carbonyl (C=O) groups excluding carboxylic acids is 1. The number of nitrogens with one attached hydrogen (secondary N) is 1. The first-order chi connectivity index (χ1) is 10.1. The summed E-state index contributed by atoms with van der Waals surface area (Å²) in [5, 5.41) is 3.69. The van der Waals surface area contributed by atoms with Crippen molar-refractivity contribution in [3.63, 3.8) is 0 Å². The van der Waals surface area contributed by atoms with Crippen LogP contribution < -0.4 is 15.9 Å². The number of para-hydroxylation sites is 1. The molecule has 0 bridgehead atoms. The molecule has 21 heavy (non-hydrogen) atoms. The van der Waals surface area contributed by atoms with E-state index in [4.69, 9.17) is 10.5 Å². The van der Waals surface area contributed by atoms with Gasteiger partial charge in [0.25, 0.3) is 0 Å². The zero-order valence-electron chi connectivity index (χ0n) is 12.0. The highest BCUT2D eigenvalue weighted by Crippen LogP contribution is 2.28. The van der Waals surface area contributed by atoms with Crippen molar-refractivity contribution < 1.29 is 9.53 Å². The number of nitrogens with zero attached hydrogens (tertiary/aromatic N) is 1. The van der Waals surface area contributed by atoms with Gasteiger partial charge in [-0.1, -0.05) is 18.2 Å². The molecule has 3 N–H and O–H groups in total. The maximum atomic E-state index is 10.5. The summed E-state index contributed by atoms with van der Waals surface area (Å²) in [6, 6.07) is 12.7. The molecule has 0 aliphatic heterocycles.